The van der Waals surface area contributed by atoms with E-state index in [1.807, 2.05) is 46.2 Å². The van der Waals surface area contributed by atoms with Gasteiger partial charge in [0.15, 0.2) is 5.11 Å². The molecule has 29 heavy (non-hydrogen) atoms. The molecule has 2 heterocycles. The summed E-state index contributed by atoms with van der Waals surface area (Å²) in [5.41, 5.74) is 0.844. The van der Waals surface area contributed by atoms with Crippen molar-refractivity contribution < 1.29 is 4.79 Å². The Labute approximate surface area is 192 Å². The number of rotatable bonds is 2. The van der Waals surface area contributed by atoms with Gasteiger partial charge in [0.1, 0.15) is 4.88 Å². The van der Waals surface area contributed by atoms with Crippen LogP contribution in [0.2, 0.25) is 15.1 Å². The van der Waals surface area contributed by atoms with Gasteiger partial charge in [-0.05, 0) is 42.5 Å². The van der Waals surface area contributed by atoms with Crippen LogP contribution < -0.4 is 5.32 Å². The highest BCUT2D eigenvalue weighted by Crippen LogP contribution is 2.37. The lowest BCUT2D eigenvalue weighted by molar-refractivity contribution is 0.0698. The van der Waals surface area contributed by atoms with E-state index in [2.05, 4.69) is 5.32 Å². The molecule has 1 aliphatic rings. The molecule has 1 aromatic heterocycles. The van der Waals surface area contributed by atoms with Crippen LogP contribution in [-0.4, -0.2) is 47.0 Å². The van der Waals surface area contributed by atoms with Gasteiger partial charge in [0, 0.05) is 52.0 Å². The van der Waals surface area contributed by atoms with Crippen molar-refractivity contribution in [3.8, 4) is 0 Å². The maximum Gasteiger partial charge on any atom is 0.265 e. The van der Waals surface area contributed by atoms with Crippen molar-refractivity contribution in [3.05, 3.63) is 62.4 Å². The van der Waals surface area contributed by atoms with Crippen molar-refractivity contribution in [3.63, 3.8) is 0 Å². The average molecular weight is 485 g/mol. The van der Waals surface area contributed by atoms with Gasteiger partial charge in [-0.2, -0.15) is 0 Å². The second kappa shape index (κ2) is 8.66. The second-order valence-corrected chi connectivity index (χ2v) is 9.30. The van der Waals surface area contributed by atoms with Crippen molar-refractivity contribution >= 4 is 85.2 Å². The topological polar surface area (TPSA) is 35.6 Å². The van der Waals surface area contributed by atoms with Gasteiger partial charge in [-0.15, -0.1) is 11.3 Å². The van der Waals surface area contributed by atoms with E-state index in [9.17, 15) is 4.79 Å². The van der Waals surface area contributed by atoms with Crippen LogP contribution in [0.1, 0.15) is 9.67 Å². The number of amides is 1. The van der Waals surface area contributed by atoms with E-state index < -0.39 is 0 Å². The van der Waals surface area contributed by atoms with Crippen LogP contribution in [0.5, 0.6) is 0 Å². The molecule has 0 bridgehead atoms. The first-order valence-electron chi connectivity index (χ1n) is 8.90. The number of carbonyl (C=O) groups excluding carboxylic acids is 1. The summed E-state index contributed by atoms with van der Waals surface area (Å²) < 4.78 is 0.913. The van der Waals surface area contributed by atoms with Crippen LogP contribution in [0.15, 0.2) is 42.5 Å². The number of nitrogens with one attached hydrogen (secondary N) is 1. The summed E-state index contributed by atoms with van der Waals surface area (Å²) in [7, 11) is 0. The fourth-order valence-corrected chi connectivity index (χ4v) is 5.45. The number of thiocarbonyl (C=S) groups is 1. The molecule has 1 aliphatic heterocycles. The van der Waals surface area contributed by atoms with Gasteiger partial charge in [0.05, 0.1) is 5.02 Å². The molecule has 0 aliphatic carbocycles. The molecule has 0 radical (unpaired) electrons. The summed E-state index contributed by atoms with van der Waals surface area (Å²) in [5.74, 6) is -0.0549. The molecule has 4 rings (SSSR count). The molecule has 2 aromatic carbocycles. The molecule has 150 valence electrons. The number of thiophene rings is 1. The van der Waals surface area contributed by atoms with E-state index in [0.29, 0.717) is 51.2 Å². The highest BCUT2D eigenvalue weighted by Gasteiger charge is 2.27. The Bertz CT molecular complexity index is 1090. The SMILES string of the molecule is O=C(c1sc2cc(Cl)ccc2c1Cl)N1CCN(C(=S)Nc2cccc(Cl)c2)CC1. The number of hydrogen-bond acceptors (Lipinski definition) is 3. The van der Waals surface area contributed by atoms with Crippen molar-refractivity contribution in [1.29, 1.82) is 0 Å². The first-order chi connectivity index (χ1) is 13.9. The minimum Gasteiger partial charge on any atom is -0.345 e. The van der Waals surface area contributed by atoms with Crippen LogP contribution in [0.25, 0.3) is 10.1 Å². The number of nitrogens with zero attached hydrogens (tertiary/aromatic N) is 2. The van der Waals surface area contributed by atoms with Gasteiger partial charge >= 0.3 is 0 Å². The third-order valence-corrected chi connectivity index (χ3v) is 7.19. The Balaban J connectivity index is 1.41. The number of benzene rings is 2. The van der Waals surface area contributed by atoms with Gasteiger partial charge in [-0.3, -0.25) is 4.79 Å². The van der Waals surface area contributed by atoms with Crippen LogP contribution >= 0.6 is 58.4 Å². The minimum absolute atomic E-state index is 0.0549. The van der Waals surface area contributed by atoms with E-state index in [0.717, 1.165) is 15.8 Å². The number of anilines is 1. The van der Waals surface area contributed by atoms with Crippen molar-refractivity contribution in [2.75, 3.05) is 31.5 Å². The Kier molecular flexibility index (Phi) is 6.18. The lowest BCUT2D eigenvalue weighted by atomic mass is 10.2. The number of halogens is 3. The maximum atomic E-state index is 13.0. The van der Waals surface area contributed by atoms with E-state index in [1.54, 1.807) is 6.07 Å². The molecule has 3 aromatic rings. The number of hydrogen-bond donors (Lipinski definition) is 1. The third kappa shape index (κ3) is 4.47. The minimum atomic E-state index is -0.0549. The summed E-state index contributed by atoms with van der Waals surface area (Å²) >= 11 is 25.4. The normalized spacial score (nSPS) is 14.3. The molecule has 1 fully saturated rings. The number of fused-ring (bicyclic) bond motifs is 1. The summed E-state index contributed by atoms with van der Waals surface area (Å²) in [6.45, 7) is 2.43. The summed E-state index contributed by atoms with van der Waals surface area (Å²) in [5, 5.41) is 6.44. The Morgan fingerprint density at radius 2 is 1.66 bits per heavy atom. The second-order valence-electron chi connectivity index (χ2n) is 6.61. The molecule has 0 spiro atoms. The van der Waals surface area contributed by atoms with Crippen molar-refractivity contribution in [2.24, 2.45) is 0 Å². The Morgan fingerprint density at radius 3 is 2.38 bits per heavy atom. The standard InChI is InChI=1S/C20H16Cl3N3OS2/c21-12-2-1-3-14(10-12)24-20(28)26-8-6-25(7-9-26)19(27)18-17(23)15-5-4-13(22)11-16(15)29-18/h1-5,10-11H,6-9H2,(H,24,28). The third-order valence-electron chi connectivity index (χ3n) is 4.72. The summed E-state index contributed by atoms with van der Waals surface area (Å²) in [4.78, 5) is 17.4. The highest BCUT2D eigenvalue weighted by molar-refractivity contribution is 7.80. The molecule has 4 nitrogen and oxygen atoms in total. The van der Waals surface area contributed by atoms with Gasteiger partial charge in [0.2, 0.25) is 0 Å². The zero-order chi connectivity index (χ0) is 20.5. The van der Waals surface area contributed by atoms with Crippen LogP contribution in [0.4, 0.5) is 5.69 Å². The van der Waals surface area contributed by atoms with Crippen LogP contribution in [0, 0.1) is 0 Å². The Morgan fingerprint density at radius 1 is 0.966 bits per heavy atom. The lowest BCUT2D eigenvalue weighted by Crippen LogP contribution is -2.51. The molecule has 1 amide bonds. The van der Waals surface area contributed by atoms with Gasteiger partial charge < -0.3 is 15.1 Å². The molecule has 0 saturated carbocycles. The summed E-state index contributed by atoms with van der Waals surface area (Å²) in [6, 6.07) is 12.9. The fraction of sp³-hybridized carbons (Fsp3) is 0.200. The van der Waals surface area contributed by atoms with E-state index in [1.165, 1.54) is 11.3 Å². The number of piperazine rings is 1. The highest BCUT2D eigenvalue weighted by atomic mass is 35.5. The monoisotopic (exact) mass is 483 g/mol. The Hall–Kier alpha value is -1.57. The van der Waals surface area contributed by atoms with E-state index in [-0.39, 0.29) is 5.91 Å². The predicted molar refractivity (Wildman–Crippen MR) is 127 cm³/mol. The first kappa shape index (κ1) is 20.7. The molecular formula is C20H16Cl3N3OS2. The quantitative estimate of drug-likeness (QED) is 0.451. The molecule has 0 unspecified atom stereocenters. The largest absolute Gasteiger partial charge is 0.345 e. The zero-order valence-electron chi connectivity index (χ0n) is 15.1. The molecule has 9 heteroatoms. The zero-order valence-corrected chi connectivity index (χ0v) is 19.0. The average Bonchev–Trinajstić information content (AvgIpc) is 3.03. The fourth-order valence-electron chi connectivity index (χ4n) is 3.20. The van der Waals surface area contributed by atoms with Crippen LogP contribution in [-0.2, 0) is 0 Å². The first-order valence-corrected chi connectivity index (χ1v) is 11.3. The predicted octanol–water partition coefficient (Wildman–Crippen LogP) is 6.02. The molecule has 1 N–H and O–H groups in total. The summed E-state index contributed by atoms with van der Waals surface area (Å²) in [6.07, 6.45) is 0. The van der Waals surface area contributed by atoms with E-state index >= 15 is 0 Å². The molecular weight excluding hydrogens is 469 g/mol. The van der Waals surface area contributed by atoms with Gasteiger partial charge in [-0.25, -0.2) is 0 Å². The van der Waals surface area contributed by atoms with Crippen molar-refractivity contribution in [2.45, 2.75) is 0 Å². The lowest BCUT2D eigenvalue weighted by Gasteiger charge is -2.36. The van der Waals surface area contributed by atoms with Crippen LogP contribution in [0.3, 0.4) is 0 Å². The number of carbonyl (C=O) groups is 1. The van der Waals surface area contributed by atoms with Gasteiger partial charge in [-0.1, -0.05) is 46.9 Å². The molecule has 0 atom stereocenters. The van der Waals surface area contributed by atoms with Crippen molar-refractivity contribution in [1.82, 2.24) is 9.80 Å². The maximum absolute atomic E-state index is 13.0. The molecule has 1 saturated heterocycles. The van der Waals surface area contributed by atoms with Gasteiger partial charge in [0.25, 0.3) is 5.91 Å². The van der Waals surface area contributed by atoms with E-state index in [4.69, 9.17) is 47.0 Å². The smallest absolute Gasteiger partial charge is 0.265 e.